The van der Waals surface area contributed by atoms with Crippen LogP contribution < -0.4 is 0 Å². The van der Waals surface area contributed by atoms with E-state index in [9.17, 15) is 9.59 Å². The number of carbonyl (C=O) groups excluding carboxylic acids is 1. The molecular weight excluding hydrogens is 248 g/mol. The molecule has 0 radical (unpaired) electrons. The van der Waals surface area contributed by atoms with E-state index in [0.29, 0.717) is 25.6 Å². The van der Waals surface area contributed by atoms with E-state index in [1.54, 1.807) is 16.7 Å². The molecule has 6 nitrogen and oxygen atoms in total. The summed E-state index contributed by atoms with van der Waals surface area (Å²) in [5.41, 5.74) is 0. The summed E-state index contributed by atoms with van der Waals surface area (Å²) in [6, 6.07) is -0.0870. The van der Waals surface area contributed by atoms with Gasteiger partial charge >= 0.3 is 12.0 Å². The summed E-state index contributed by atoms with van der Waals surface area (Å²) in [6.45, 7) is 5.73. The highest BCUT2D eigenvalue weighted by Gasteiger charge is 2.29. The van der Waals surface area contributed by atoms with Crippen LogP contribution in [-0.4, -0.2) is 64.8 Å². The number of urea groups is 1. The Labute approximate surface area is 114 Å². The quantitative estimate of drug-likeness (QED) is 0.751. The van der Waals surface area contributed by atoms with Gasteiger partial charge in [0, 0.05) is 32.8 Å². The average Bonchev–Trinajstić information content (AvgIpc) is 2.83. The lowest BCUT2D eigenvalue weighted by Crippen LogP contribution is -2.44. The van der Waals surface area contributed by atoms with Gasteiger partial charge in [-0.15, -0.1) is 0 Å². The Balaban J connectivity index is 2.52. The first-order valence-electron chi connectivity index (χ1n) is 6.87. The van der Waals surface area contributed by atoms with Crippen LogP contribution in [0, 0.1) is 11.8 Å². The number of carboxylic acid groups (broad SMARTS) is 1. The molecule has 2 N–H and O–H groups in total. The van der Waals surface area contributed by atoms with E-state index in [-0.39, 0.29) is 19.2 Å². The van der Waals surface area contributed by atoms with Crippen LogP contribution in [0.3, 0.4) is 0 Å². The van der Waals surface area contributed by atoms with Crippen molar-refractivity contribution in [1.82, 2.24) is 9.80 Å². The van der Waals surface area contributed by atoms with E-state index in [0.717, 1.165) is 12.8 Å². The van der Waals surface area contributed by atoms with Gasteiger partial charge in [-0.1, -0.05) is 6.92 Å². The molecule has 0 aromatic carbocycles. The van der Waals surface area contributed by atoms with E-state index in [1.165, 1.54) is 0 Å². The fourth-order valence-corrected chi connectivity index (χ4v) is 2.38. The van der Waals surface area contributed by atoms with Gasteiger partial charge in [0.2, 0.25) is 0 Å². The number of likely N-dealkylation sites (tertiary alicyclic amines) is 1. The van der Waals surface area contributed by atoms with Gasteiger partial charge in [-0.3, -0.25) is 4.79 Å². The summed E-state index contributed by atoms with van der Waals surface area (Å²) < 4.78 is 0. The fraction of sp³-hybridized carbons (Fsp3) is 0.846. The first-order valence-corrected chi connectivity index (χ1v) is 6.87. The Morgan fingerprint density at radius 1 is 1.47 bits per heavy atom. The number of aliphatic carboxylic acids is 1. The molecular formula is C13H24N2O4. The minimum absolute atomic E-state index is 0.0870. The standard InChI is InChI=1S/C13H24N2O4/c1-3-14(8-10(2)12(17)18)13(19)15-6-4-11(9-15)5-7-16/h10-11,16H,3-9H2,1-2H3,(H,17,18). The Morgan fingerprint density at radius 2 is 2.16 bits per heavy atom. The number of nitrogens with zero attached hydrogens (tertiary/aromatic N) is 2. The third kappa shape index (κ3) is 4.38. The summed E-state index contributed by atoms with van der Waals surface area (Å²) >= 11 is 0. The highest BCUT2D eigenvalue weighted by Crippen LogP contribution is 2.20. The number of hydrogen-bond acceptors (Lipinski definition) is 3. The molecule has 0 spiro atoms. The first kappa shape index (κ1) is 15.8. The SMILES string of the molecule is CCN(CC(C)C(=O)O)C(=O)N1CCC(CCO)C1. The van der Waals surface area contributed by atoms with Crippen molar-refractivity contribution >= 4 is 12.0 Å². The maximum absolute atomic E-state index is 12.3. The molecule has 19 heavy (non-hydrogen) atoms. The second kappa shape index (κ2) is 7.33. The molecule has 2 unspecified atom stereocenters. The van der Waals surface area contributed by atoms with Crippen LogP contribution in [0.15, 0.2) is 0 Å². The lowest BCUT2D eigenvalue weighted by Gasteiger charge is -2.28. The van der Waals surface area contributed by atoms with Gasteiger partial charge in [0.25, 0.3) is 0 Å². The van der Waals surface area contributed by atoms with Crippen LogP contribution in [-0.2, 0) is 4.79 Å². The number of rotatable bonds is 6. The highest BCUT2D eigenvalue weighted by atomic mass is 16.4. The van der Waals surface area contributed by atoms with Crippen LogP contribution in [0.4, 0.5) is 4.79 Å². The number of amides is 2. The Morgan fingerprint density at radius 3 is 2.68 bits per heavy atom. The van der Waals surface area contributed by atoms with Crippen molar-refractivity contribution in [3.63, 3.8) is 0 Å². The van der Waals surface area contributed by atoms with Crippen LogP contribution in [0.1, 0.15) is 26.7 Å². The molecule has 0 saturated carbocycles. The molecule has 1 heterocycles. The van der Waals surface area contributed by atoms with E-state index in [4.69, 9.17) is 10.2 Å². The van der Waals surface area contributed by atoms with Crippen molar-refractivity contribution < 1.29 is 19.8 Å². The molecule has 1 fully saturated rings. The maximum Gasteiger partial charge on any atom is 0.320 e. The summed E-state index contributed by atoms with van der Waals surface area (Å²) in [5, 5.41) is 17.8. The predicted octanol–water partition coefficient (Wildman–Crippen LogP) is 0.853. The van der Waals surface area contributed by atoms with Crippen molar-refractivity contribution in [2.45, 2.75) is 26.7 Å². The summed E-state index contributed by atoms with van der Waals surface area (Å²) in [5.74, 6) is -1.07. The van der Waals surface area contributed by atoms with E-state index in [2.05, 4.69) is 0 Å². The van der Waals surface area contributed by atoms with Crippen LogP contribution in [0.25, 0.3) is 0 Å². The highest BCUT2D eigenvalue weighted by molar-refractivity contribution is 5.76. The third-order valence-electron chi connectivity index (χ3n) is 3.66. The van der Waals surface area contributed by atoms with Gasteiger partial charge in [-0.2, -0.15) is 0 Å². The van der Waals surface area contributed by atoms with Gasteiger partial charge in [-0.25, -0.2) is 4.79 Å². The molecule has 6 heteroatoms. The van der Waals surface area contributed by atoms with Crippen LogP contribution >= 0.6 is 0 Å². The molecule has 1 aliphatic rings. The number of aliphatic hydroxyl groups is 1. The summed E-state index contributed by atoms with van der Waals surface area (Å²) in [6.07, 6.45) is 1.64. The zero-order valence-corrected chi connectivity index (χ0v) is 11.7. The van der Waals surface area contributed by atoms with Crippen molar-refractivity contribution in [2.75, 3.05) is 32.8 Å². The maximum atomic E-state index is 12.3. The molecule has 110 valence electrons. The normalized spacial score (nSPS) is 20.4. The molecule has 1 aliphatic heterocycles. The lowest BCUT2D eigenvalue weighted by molar-refractivity contribution is -0.141. The Kier molecular flexibility index (Phi) is 6.08. The monoisotopic (exact) mass is 272 g/mol. The molecule has 0 aromatic rings. The molecule has 0 aliphatic carbocycles. The summed E-state index contributed by atoms with van der Waals surface area (Å²) in [4.78, 5) is 26.5. The van der Waals surface area contributed by atoms with E-state index in [1.807, 2.05) is 6.92 Å². The van der Waals surface area contributed by atoms with Crippen molar-refractivity contribution in [3.8, 4) is 0 Å². The number of aliphatic hydroxyl groups excluding tert-OH is 1. The minimum Gasteiger partial charge on any atom is -0.481 e. The molecule has 0 bridgehead atoms. The second-order valence-electron chi connectivity index (χ2n) is 5.17. The van der Waals surface area contributed by atoms with Crippen molar-refractivity contribution in [1.29, 1.82) is 0 Å². The van der Waals surface area contributed by atoms with Crippen molar-refractivity contribution in [2.24, 2.45) is 11.8 Å². The summed E-state index contributed by atoms with van der Waals surface area (Å²) in [7, 11) is 0. The Hall–Kier alpha value is -1.30. The minimum atomic E-state index is -0.883. The van der Waals surface area contributed by atoms with Gasteiger partial charge in [0.1, 0.15) is 0 Å². The lowest BCUT2D eigenvalue weighted by atomic mass is 10.1. The van der Waals surface area contributed by atoms with Gasteiger partial charge < -0.3 is 20.0 Å². The van der Waals surface area contributed by atoms with Gasteiger partial charge in [0.15, 0.2) is 0 Å². The largest absolute Gasteiger partial charge is 0.481 e. The zero-order chi connectivity index (χ0) is 14.4. The van der Waals surface area contributed by atoms with Gasteiger partial charge in [0.05, 0.1) is 5.92 Å². The van der Waals surface area contributed by atoms with Crippen LogP contribution in [0.5, 0.6) is 0 Å². The molecule has 1 rings (SSSR count). The zero-order valence-electron chi connectivity index (χ0n) is 11.7. The topological polar surface area (TPSA) is 81.1 Å². The number of carbonyl (C=O) groups is 2. The Bertz CT molecular complexity index is 322. The predicted molar refractivity (Wildman–Crippen MR) is 70.8 cm³/mol. The van der Waals surface area contributed by atoms with Gasteiger partial charge in [-0.05, 0) is 25.7 Å². The second-order valence-corrected chi connectivity index (χ2v) is 5.17. The smallest absolute Gasteiger partial charge is 0.320 e. The molecule has 2 atom stereocenters. The molecule has 1 saturated heterocycles. The number of carboxylic acids is 1. The van der Waals surface area contributed by atoms with Crippen LogP contribution in [0.2, 0.25) is 0 Å². The first-order chi connectivity index (χ1) is 8.99. The third-order valence-corrected chi connectivity index (χ3v) is 3.66. The van der Waals surface area contributed by atoms with E-state index < -0.39 is 11.9 Å². The molecule has 0 aromatic heterocycles. The van der Waals surface area contributed by atoms with Crippen molar-refractivity contribution in [3.05, 3.63) is 0 Å². The average molecular weight is 272 g/mol. The van der Waals surface area contributed by atoms with E-state index >= 15 is 0 Å². The number of hydrogen-bond donors (Lipinski definition) is 2. The fourth-order valence-electron chi connectivity index (χ4n) is 2.38. The molecule has 2 amide bonds.